The molecule has 2 aromatic rings. The summed E-state index contributed by atoms with van der Waals surface area (Å²) in [6, 6.07) is 11.3. The fraction of sp³-hybridized carbons (Fsp3) is 0.294. The molecular weight excluding hydrogens is 296 g/mol. The zero-order valence-electron chi connectivity index (χ0n) is 12.6. The predicted octanol–water partition coefficient (Wildman–Crippen LogP) is 3.30. The van der Waals surface area contributed by atoms with Crippen molar-refractivity contribution in [3.05, 3.63) is 52.2 Å². The number of benzene rings is 1. The second-order valence-electron chi connectivity index (χ2n) is 5.73. The smallest absolute Gasteiger partial charge is 0.265 e. The van der Waals surface area contributed by atoms with Crippen LogP contribution in [0.4, 0.5) is 5.69 Å². The number of rotatable bonds is 3. The van der Waals surface area contributed by atoms with Crippen LogP contribution in [0.2, 0.25) is 0 Å². The van der Waals surface area contributed by atoms with Crippen LogP contribution in [0, 0.1) is 6.92 Å². The van der Waals surface area contributed by atoms with Crippen LogP contribution in [0.5, 0.6) is 0 Å². The van der Waals surface area contributed by atoms with Gasteiger partial charge in [0, 0.05) is 12.2 Å². The number of carbonyl (C=O) groups is 2. The molecule has 0 saturated carbocycles. The summed E-state index contributed by atoms with van der Waals surface area (Å²) in [5.74, 6) is -0.183. The molecule has 0 bridgehead atoms. The number of nitrogens with zero attached hydrogens (tertiary/aromatic N) is 1. The number of hydrogen-bond donors (Lipinski definition) is 1. The van der Waals surface area contributed by atoms with E-state index in [9.17, 15) is 9.59 Å². The Kier molecular flexibility index (Phi) is 3.74. The SMILES string of the molecule is Cc1ccsc1C(=O)N1CCC1(C)C(=O)Nc1ccccc1. The van der Waals surface area contributed by atoms with Gasteiger partial charge in [-0.2, -0.15) is 0 Å². The lowest BCUT2D eigenvalue weighted by atomic mass is 9.85. The number of likely N-dealkylation sites (tertiary alicyclic amines) is 1. The molecule has 114 valence electrons. The summed E-state index contributed by atoms with van der Waals surface area (Å²) in [5.41, 5.74) is 0.941. The number of para-hydroxylation sites is 1. The Morgan fingerprint density at radius 2 is 1.95 bits per heavy atom. The summed E-state index contributed by atoms with van der Waals surface area (Å²) in [5, 5.41) is 4.81. The van der Waals surface area contributed by atoms with Crippen LogP contribution in [-0.2, 0) is 4.79 Å². The van der Waals surface area contributed by atoms with Gasteiger partial charge in [0.2, 0.25) is 5.91 Å². The molecule has 0 radical (unpaired) electrons. The van der Waals surface area contributed by atoms with Crippen LogP contribution in [0.25, 0.3) is 0 Å². The Balaban J connectivity index is 1.77. The van der Waals surface area contributed by atoms with Crippen LogP contribution in [0.3, 0.4) is 0 Å². The Morgan fingerprint density at radius 3 is 2.50 bits per heavy atom. The van der Waals surface area contributed by atoms with Crippen molar-refractivity contribution >= 4 is 28.8 Å². The zero-order valence-corrected chi connectivity index (χ0v) is 13.4. The third-order valence-corrected chi connectivity index (χ3v) is 5.24. The maximum Gasteiger partial charge on any atom is 0.265 e. The molecule has 3 rings (SSSR count). The van der Waals surface area contributed by atoms with Crippen molar-refractivity contribution in [1.82, 2.24) is 4.90 Å². The number of amides is 2. The van der Waals surface area contributed by atoms with Gasteiger partial charge in [0.05, 0.1) is 4.88 Å². The van der Waals surface area contributed by atoms with E-state index in [1.165, 1.54) is 11.3 Å². The Hall–Kier alpha value is -2.14. The molecule has 1 aliphatic heterocycles. The van der Waals surface area contributed by atoms with E-state index in [-0.39, 0.29) is 11.8 Å². The molecule has 22 heavy (non-hydrogen) atoms. The standard InChI is InChI=1S/C17H18N2O2S/c1-12-8-11-22-14(12)15(20)19-10-9-17(19,2)16(21)18-13-6-4-3-5-7-13/h3-8,11H,9-10H2,1-2H3,(H,18,21). The lowest BCUT2D eigenvalue weighted by Crippen LogP contribution is -2.66. The van der Waals surface area contributed by atoms with Crippen LogP contribution in [0.15, 0.2) is 41.8 Å². The normalized spacial score (nSPS) is 20.4. The van der Waals surface area contributed by atoms with Gasteiger partial charge in [0.1, 0.15) is 5.54 Å². The molecular formula is C17H18N2O2S. The molecule has 1 aromatic carbocycles. The van der Waals surface area contributed by atoms with Gasteiger partial charge in [-0.3, -0.25) is 9.59 Å². The fourth-order valence-electron chi connectivity index (χ4n) is 2.62. The maximum absolute atomic E-state index is 12.6. The van der Waals surface area contributed by atoms with E-state index in [1.54, 1.807) is 4.90 Å². The minimum Gasteiger partial charge on any atom is -0.324 e. The Labute approximate surface area is 133 Å². The molecule has 2 amide bonds. The highest BCUT2D eigenvalue weighted by molar-refractivity contribution is 7.12. The topological polar surface area (TPSA) is 49.4 Å². The molecule has 1 fully saturated rings. The first kappa shape index (κ1) is 14.8. The molecule has 0 spiro atoms. The highest BCUT2D eigenvalue weighted by Crippen LogP contribution is 2.34. The van der Waals surface area contributed by atoms with E-state index >= 15 is 0 Å². The van der Waals surface area contributed by atoms with Crippen LogP contribution >= 0.6 is 11.3 Å². The first-order valence-electron chi connectivity index (χ1n) is 7.25. The van der Waals surface area contributed by atoms with E-state index < -0.39 is 5.54 Å². The average molecular weight is 314 g/mol. The summed E-state index contributed by atoms with van der Waals surface area (Å²) >= 11 is 1.43. The lowest BCUT2D eigenvalue weighted by Gasteiger charge is -2.48. The Bertz CT molecular complexity index is 710. The summed E-state index contributed by atoms with van der Waals surface area (Å²) in [6.45, 7) is 4.37. The molecule has 1 N–H and O–H groups in total. The fourth-order valence-corrected chi connectivity index (χ4v) is 3.50. The molecule has 1 unspecified atom stereocenters. The Morgan fingerprint density at radius 1 is 1.23 bits per heavy atom. The van der Waals surface area contributed by atoms with Crippen molar-refractivity contribution in [1.29, 1.82) is 0 Å². The van der Waals surface area contributed by atoms with Crippen molar-refractivity contribution in [3.8, 4) is 0 Å². The van der Waals surface area contributed by atoms with Crippen molar-refractivity contribution in [2.45, 2.75) is 25.8 Å². The van der Waals surface area contributed by atoms with Crippen molar-refractivity contribution in [3.63, 3.8) is 0 Å². The second kappa shape index (κ2) is 5.57. The third-order valence-electron chi connectivity index (χ3n) is 4.24. The van der Waals surface area contributed by atoms with Gasteiger partial charge < -0.3 is 10.2 Å². The number of nitrogens with one attached hydrogen (secondary N) is 1. The van der Waals surface area contributed by atoms with Crippen molar-refractivity contribution in [2.24, 2.45) is 0 Å². The van der Waals surface area contributed by atoms with Gasteiger partial charge in [-0.25, -0.2) is 0 Å². The minimum atomic E-state index is -0.774. The van der Waals surface area contributed by atoms with Gasteiger partial charge in [-0.05, 0) is 49.4 Å². The van der Waals surface area contributed by atoms with E-state index in [4.69, 9.17) is 0 Å². The van der Waals surface area contributed by atoms with Gasteiger partial charge in [-0.1, -0.05) is 18.2 Å². The third kappa shape index (κ3) is 2.41. The quantitative estimate of drug-likeness (QED) is 0.945. The number of anilines is 1. The minimum absolute atomic E-state index is 0.0514. The van der Waals surface area contributed by atoms with E-state index in [0.717, 1.165) is 16.1 Å². The molecule has 4 nitrogen and oxygen atoms in total. The summed E-state index contributed by atoms with van der Waals surface area (Å²) in [4.78, 5) is 27.6. The summed E-state index contributed by atoms with van der Waals surface area (Å²) in [6.07, 6.45) is 0.682. The average Bonchev–Trinajstić information content (AvgIpc) is 2.92. The monoisotopic (exact) mass is 314 g/mol. The van der Waals surface area contributed by atoms with Crippen molar-refractivity contribution in [2.75, 3.05) is 11.9 Å². The maximum atomic E-state index is 12.6. The largest absolute Gasteiger partial charge is 0.324 e. The van der Waals surface area contributed by atoms with Crippen LogP contribution in [0.1, 0.15) is 28.6 Å². The number of aryl methyl sites for hydroxylation is 1. The number of carbonyl (C=O) groups excluding carboxylic acids is 2. The first-order chi connectivity index (χ1) is 10.5. The van der Waals surface area contributed by atoms with Crippen LogP contribution in [-0.4, -0.2) is 28.8 Å². The number of hydrogen-bond acceptors (Lipinski definition) is 3. The first-order valence-corrected chi connectivity index (χ1v) is 8.13. The van der Waals surface area contributed by atoms with Gasteiger partial charge in [-0.15, -0.1) is 11.3 Å². The molecule has 1 atom stereocenters. The van der Waals surface area contributed by atoms with E-state index in [0.29, 0.717) is 13.0 Å². The highest BCUT2D eigenvalue weighted by atomic mass is 32.1. The molecule has 1 aromatic heterocycles. The lowest BCUT2D eigenvalue weighted by molar-refractivity contribution is -0.132. The molecule has 1 saturated heterocycles. The van der Waals surface area contributed by atoms with E-state index in [1.807, 2.05) is 55.6 Å². The zero-order chi connectivity index (χ0) is 15.7. The van der Waals surface area contributed by atoms with Crippen LogP contribution < -0.4 is 5.32 Å². The van der Waals surface area contributed by atoms with Gasteiger partial charge >= 0.3 is 0 Å². The molecule has 5 heteroatoms. The van der Waals surface area contributed by atoms with Gasteiger partial charge in [0.25, 0.3) is 5.91 Å². The summed E-state index contributed by atoms with van der Waals surface area (Å²) in [7, 11) is 0. The molecule has 1 aliphatic rings. The highest BCUT2D eigenvalue weighted by Gasteiger charge is 2.50. The van der Waals surface area contributed by atoms with Crippen molar-refractivity contribution < 1.29 is 9.59 Å². The molecule has 2 heterocycles. The predicted molar refractivity (Wildman–Crippen MR) is 88.2 cm³/mol. The van der Waals surface area contributed by atoms with Gasteiger partial charge in [0.15, 0.2) is 0 Å². The molecule has 0 aliphatic carbocycles. The van der Waals surface area contributed by atoms with E-state index in [2.05, 4.69) is 5.32 Å². The second-order valence-corrected chi connectivity index (χ2v) is 6.65. The summed E-state index contributed by atoms with van der Waals surface area (Å²) < 4.78 is 0. The number of thiophene rings is 1.